The molecule has 2 aromatic rings. The molecule has 10 heteroatoms. The summed E-state index contributed by atoms with van der Waals surface area (Å²) in [5.41, 5.74) is 8.98. The highest BCUT2D eigenvalue weighted by molar-refractivity contribution is 6.30. The molecule has 2 aromatic carbocycles. The van der Waals surface area contributed by atoms with Gasteiger partial charge in [0.25, 0.3) is 0 Å². The number of hydrogen-bond acceptors (Lipinski definition) is 8. The first-order valence-corrected chi connectivity index (χ1v) is 12.9. The van der Waals surface area contributed by atoms with Gasteiger partial charge in [-0.25, -0.2) is 10.9 Å². The quantitative estimate of drug-likeness (QED) is 0.317. The second-order valence-corrected chi connectivity index (χ2v) is 10.6. The molecule has 1 amide bonds. The zero-order valence-corrected chi connectivity index (χ0v) is 22.4. The monoisotopic (exact) mass is 529 g/mol. The maximum absolute atomic E-state index is 13.0. The van der Waals surface area contributed by atoms with Gasteiger partial charge in [0.15, 0.2) is 0 Å². The molecule has 0 spiro atoms. The average molecular weight is 530 g/mol. The van der Waals surface area contributed by atoms with E-state index >= 15 is 0 Å². The molecule has 4 unspecified atom stereocenters. The molecule has 200 valence electrons. The van der Waals surface area contributed by atoms with Crippen molar-refractivity contribution in [3.63, 3.8) is 0 Å². The number of anilines is 1. The molecular weight excluding hydrogens is 494 g/mol. The lowest BCUT2D eigenvalue weighted by Crippen LogP contribution is -2.47. The lowest BCUT2D eigenvalue weighted by atomic mass is 9.98. The summed E-state index contributed by atoms with van der Waals surface area (Å²) in [6.07, 6.45) is -0.0301. The van der Waals surface area contributed by atoms with E-state index in [0.29, 0.717) is 30.2 Å². The minimum absolute atomic E-state index is 0.0363. The fourth-order valence-corrected chi connectivity index (χ4v) is 4.85. The summed E-state index contributed by atoms with van der Waals surface area (Å²) in [5, 5.41) is 23.5. The van der Waals surface area contributed by atoms with Gasteiger partial charge in [-0.3, -0.25) is 9.79 Å². The van der Waals surface area contributed by atoms with Crippen LogP contribution in [-0.4, -0.2) is 65.6 Å². The Morgan fingerprint density at radius 1 is 1.24 bits per heavy atom. The number of rotatable bonds is 9. The number of amides is 1. The smallest absolute Gasteiger partial charge is 0.222 e. The summed E-state index contributed by atoms with van der Waals surface area (Å²) in [4.78, 5) is 20.3. The minimum atomic E-state index is -1.17. The van der Waals surface area contributed by atoms with Crippen LogP contribution in [0.4, 0.5) is 5.69 Å². The number of aliphatic hydroxyl groups is 2. The third-order valence-corrected chi connectivity index (χ3v) is 7.11. The third kappa shape index (κ3) is 6.25. The predicted molar refractivity (Wildman–Crippen MR) is 145 cm³/mol. The molecule has 9 nitrogen and oxygen atoms in total. The number of hydrogen-bond donors (Lipinski definition) is 5. The average Bonchev–Trinajstić information content (AvgIpc) is 3.18. The van der Waals surface area contributed by atoms with E-state index in [-0.39, 0.29) is 24.7 Å². The van der Waals surface area contributed by atoms with Crippen LogP contribution >= 0.6 is 11.6 Å². The van der Waals surface area contributed by atoms with Gasteiger partial charge in [-0.2, -0.15) is 0 Å². The van der Waals surface area contributed by atoms with Crippen molar-refractivity contribution < 1.29 is 19.7 Å². The van der Waals surface area contributed by atoms with Gasteiger partial charge in [-0.1, -0.05) is 23.7 Å². The van der Waals surface area contributed by atoms with E-state index in [2.05, 4.69) is 28.0 Å². The molecule has 1 fully saturated rings. The Kier molecular flexibility index (Phi) is 8.40. The van der Waals surface area contributed by atoms with Crippen LogP contribution in [0.3, 0.4) is 0 Å². The number of ether oxygens (including phenoxy) is 1. The summed E-state index contributed by atoms with van der Waals surface area (Å²) < 4.78 is 5.52. The number of methoxy groups -OCH3 is 1. The van der Waals surface area contributed by atoms with Crippen LogP contribution in [0.15, 0.2) is 47.5 Å². The van der Waals surface area contributed by atoms with Crippen molar-refractivity contribution in [1.82, 2.24) is 16.2 Å². The first kappa shape index (κ1) is 27.3. The lowest BCUT2D eigenvalue weighted by Gasteiger charge is -2.31. The van der Waals surface area contributed by atoms with Crippen LogP contribution in [0.25, 0.3) is 0 Å². The number of nitrogens with one attached hydrogen (secondary N) is 3. The first-order valence-electron chi connectivity index (χ1n) is 12.6. The van der Waals surface area contributed by atoms with Crippen LogP contribution in [0.5, 0.6) is 5.75 Å². The fourth-order valence-electron chi connectivity index (χ4n) is 4.72. The van der Waals surface area contributed by atoms with Crippen molar-refractivity contribution in [1.29, 1.82) is 0 Å². The molecular formula is C27H36ClN5O4. The highest BCUT2D eigenvalue weighted by Crippen LogP contribution is 2.36. The molecule has 2 aliphatic heterocycles. The van der Waals surface area contributed by atoms with Crippen LogP contribution in [0, 0.1) is 0 Å². The Morgan fingerprint density at radius 3 is 2.65 bits per heavy atom. The van der Waals surface area contributed by atoms with Crippen molar-refractivity contribution >= 4 is 28.9 Å². The van der Waals surface area contributed by atoms with E-state index in [0.717, 1.165) is 22.5 Å². The Bertz CT molecular complexity index is 1130. The van der Waals surface area contributed by atoms with E-state index in [1.54, 1.807) is 21.0 Å². The molecule has 2 aliphatic rings. The summed E-state index contributed by atoms with van der Waals surface area (Å²) in [6.45, 7) is 5.60. The van der Waals surface area contributed by atoms with Gasteiger partial charge in [0.1, 0.15) is 11.9 Å². The van der Waals surface area contributed by atoms with Crippen molar-refractivity contribution in [2.45, 2.75) is 70.1 Å². The molecule has 0 bridgehead atoms. The number of halogens is 1. The highest BCUT2D eigenvalue weighted by atomic mass is 35.5. The van der Waals surface area contributed by atoms with Gasteiger partial charge in [-0.05, 0) is 63.9 Å². The summed E-state index contributed by atoms with van der Waals surface area (Å²) in [6, 6.07) is 13.0. The molecule has 2 heterocycles. The fraction of sp³-hybridized carbons (Fsp3) is 0.481. The topological polar surface area (TPSA) is 118 Å². The number of hydrazine groups is 1. The minimum Gasteiger partial charge on any atom is -0.497 e. The summed E-state index contributed by atoms with van der Waals surface area (Å²) in [5.74, 6) is 0.584. The number of fused-ring (bicyclic) bond motifs is 3. The van der Waals surface area contributed by atoms with E-state index < -0.39 is 17.7 Å². The zero-order valence-electron chi connectivity index (χ0n) is 21.7. The number of carbonyl (C=O) groups is 1. The summed E-state index contributed by atoms with van der Waals surface area (Å²) >= 11 is 6.16. The van der Waals surface area contributed by atoms with Gasteiger partial charge in [0.2, 0.25) is 5.91 Å². The van der Waals surface area contributed by atoms with Gasteiger partial charge in [-0.15, -0.1) is 0 Å². The Balaban J connectivity index is 1.61. The Morgan fingerprint density at radius 2 is 1.97 bits per heavy atom. The molecule has 0 aliphatic carbocycles. The molecule has 5 N–H and O–H groups in total. The van der Waals surface area contributed by atoms with Gasteiger partial charge in [0, 0.05) is 28.4 Å². The van der Waals surface area contributed by atoms with Crippen LogP contribution in [0.2, 0.25) is 5.02 Å². The third-order valence-electron chi connectivity index (χ3n) is 6.86. The normalized spacial score (nSPS) is 22.0. The maximum Gasteiger partial charge on any atom is 0.222 e. The molecule has 4 rings (SSSR count). The van der Waals surface area contributed by atoms with Gasteiger partial charge in [0.05, 0.1) is 43.2 Å². The van der Waals surface area contributed by atoms with Crippen molar-refractivity contribution in [2.24, 2.45) is 4.99 Å². The van der Waals surface area contributed by atoms with Crippen molar-refractivity contribution in [3.05, 3.63) is 58.6 Å². The largest absolute Gasteiger partial charge is 0.497 e. The van der Waals surface area contributed by atoms with Gasteiger partial charge >= 0.3 is 0 Å². The van der Waals surface area contributed by atoms with Crippen LogP contribution < -0.4 is 25.8 Å². The number of nitrogens with zero attached hydrogens (tertiary/aromatic N) is 2. The number of aliphatic imine (C=N–C) groups is 1. The molecule has 4 atom stereocenters. The molecule has 0 radical (unpaired) electrons. The molecule has 0 saturated carbocycles. The molecule has 1 saturated heterocycles. The molecule has 37 heavy (non-hydrogen) atoms. The van der Waals surface area contributed by atoms with Crippen molar-refractivity contribution in [2.75, 3.05) is 18.6 Å². The van der Waals surface area contributed by atoms with E-state index in [1.165, 1.54) is 0 Å². The first-order chi connectivity index (χ1) is 17.6. The zero-order chi connectivity index (χ0) is 26.7. The predicted octanol–water partition coefficient (Wildman–Crippen LogP) is 2.57. The van der Waals surface area contributed by atoms with Gasteiger partial charge < -0.3 is 25.2 Å². The standard InChI is InChI=1S/C27H36ClN5O4/c1-16-31-32-26-21(15-24(35)29-13-5-6-23(34)27(2,3)36)30-25(17-7-9-18(28)10-8-17)20-14-19(37-4)11-12-22(20)33(16)26/h7-12,14,16,21,23,26,31-32,34,36H,5-6,13,15H2,1-4H3,(H,29,35). The van der Waals surface area contributed by atoms with Crippen LogP contribution in [0.1, 0.15) is 51.2 Å². The molecule has 0 aromatic heterocycles. The number of benzene rings is 2. The lowest BCUT2D eigenvalue weighted by molar-refractivity contribution is -0.121. The second kappa shape index (κ2) is 11.4. The van der Waals surface area contributed by atoms with E-state index in [9.17, 15) is 15.0 Å². The summed E-state index contributed by atoms with van der Waals surface area (Å²) in [7, 11) is 1.63. The van der Waals surface area contributed by atoms with Crippen molar-refractivity contribution in [3.8, 4) is 5.75 Å². The Labute approximate surface area is 222 Å². The number of aliphatic hydroxyl groups excluding tert-OH is 1. The highest BCUT2D eigenvalue weighted by Gasteiger charge is 2.40. The second-order valence-electron chi connectivity index (χ2n) is 10.1. The van der Waals surface area contributed by atoms with E-state index in [1.807, 2.05) is 42.5 Å². The van der Waals surface area contributed by atoms with E-state index in [4.69, 9.17) is 21.3 Å². The number of carbonyl (C=O) groups excluding carboxylic acids is 1. The van der Waals surface area contributed by atoms with Crippen LogP contribution in [-0.2, 0) is 4.79 Å². The maximum atomic E-state index is 13.0. The Hall–Kier alpha value is -2.69. The SMILES string of the molecule is COc1ccc2c(c1)C(c1ccc(Cl)cc1)=NC(CC(=O)NCCCC(O)C(C)(C)O)C1NNC(C)N21.